The Bertz CT molecular complexity index is 670. The molecule has 0 spiro atoms. The second-order valence-electron chi connectivity index (χ2n) is 3.99. The summed E-state index contributed by atoms with van der Waals surface area (Å²) in [6.45, 7) is 0. The zero-order valence-corrected chi connectivity index (χ0v) is 10.7. The Morgan fingerprint density at radius 1 is 1.22 bits per heavy atom. The molecule has 0 fully saturated rings. The van der Waals surface area contributed by atoms with Gasteiger partial charge in [-0.15, -0.1) is 16.4 Å². The van der Waals surface area contributed by atoms with Crippen molar-refractivity contribution in [2.75, 3.05) is 5.73 Å². The number of anilines is 1. The highest BCUT2D eigenvalue weighted by Crippen LogP contribution is 2.25. The molecule has 0 aliphatic rings. The number of nitrogens with two attached hydrogens (primary N) is 1. The van der Waals surface area contributed by atoms with E-state index in [1.807, 2.05) is 48.8 Å². The zero-order chi connectivity index (χ0) is 12.5. The summed E-state index contributed by atoms with van der Waals surface area (Å²) in [4.78, 5) is 5.64. The van der Waals surface area contributed by atoms with Gasteiger partial charge in [-0.1, -0.05) is 18.2 Å². The van der Waals surface area contributed by atoms with Crippen molar-refractivity contribution < 1.29 is 0 Å². The number of nitrogens with zero attached hydrogens (tertiary/aromatic N) is 3. The van der Waals surface area contributed by atoms with Crippen molar-refractivity contribution in [1.82, 2.24) is 14.8 Å². The molecule has 0 radical (unpaired) electrons. The first-order valence-corrected chi connectivity index (χ1v) is 6.43. The first-order chi connectivity index (χ1) is 8.74. The maximum Gasteiger partial charge on any atom is 0.191 e. The van der Waals surface area contributed by atoms with Gasteiger partial charge in [0.1, 0.15) is 0 Å². The number of aromatic nitrogens is 3. The molecule has 0 unspecified atom stereocenters. The number of rotatable bonds is 2. The third-order valence-corrected chi connectivity index (χ3v) is 3.52. The lowest BCUT2D eigenvalue weighted by molar-refractivity contribution is 0.778. The van der Waals surface area contributed by atoms with Gasteiger partial charge >= 0.3 is 0 Å². The largest absolute Gasteiger partial charge is 0.399 e. The van der Waals surface area contributed by atoms with E-state index in [1.54, 1.807) is 16.0 Å². The molecule has 0 amide bonds. The van der Waals surface area contributed by atoms with E-state index in [-0.39, 0.29) is 0 Å². The molecule has 2 heterocycles. The molecular formula is C13H12N4S. The van der Waals surface area contributed by atoms with Crippen molar-refractivity contribution in [1.29, 1.82) is 0 Å². The minimum Gasteiger partial charge on any atom is -0.399 e. The molecular weight excluding hydrogens is 244 g/mol. The van der Waals surface area contributed by atoms with Gasteiger partial charge in [0.2, 0.25) is 0 Å². The topological polar surface area (TPSA) is 56.7 Å². The summed E-state index contributed by atoms with van der Waals surface area (Å²) in [5, 5.41) is 6.45. The second kappa shape index (κ2) is 4.27. The summed E-state index contributed by atoms with van der Waals surface area (Å²) < 4.78 is 1.78. The lowest BCUT2D eigenvalue weighted by atomic mass is 10.2. The van der Waals surface area contributed by atoms with Crippen LogP contribution in [0.3, 0.4) is 0 Å². The van der Waals surface area contributed by atoms with Crippen LogP contribution in [0.5, 0.6) is 0 Å². The van der Waals surface area contributed by atoms with Crippen LogP contribution in [0, 0.1) is 0 Å². The van der Waals surface area contributed by atoms with Gasteiger partial charge in [0, 0.05) is 18.3 Å². The van der Waals surface area contributed by atoms with Crippen LogP contribution in [0.15, 0.2) is 41.8 Å². The van der Waals surface area contributed by atoms with Crippen LogP contribution in [-0.4, -0.2) is 14.8 Å². The second-order valence-corrected chi connectivity index (χ2v) is 4.93. The van der Waals surface area contributed by atoms with E-state index in [0.29, 0.717) is 0 Å². The molecule has 2 N–H and O–H groups in total. The normalized spacial score (nSPS) is 10.7. The smallest absolute Gasteiger partial charge is 0.191 e. The molecule has 3 aromatic rings. The van der Waals surface area contributed by atoms with Crippen molar-refractivity contribution in [2.24, 2.45) is 7.05 Å². The summed E-state index contributed by atoms with van der Waals surface area (Å²) in [6, 6.07) is 11.7. The first kappa shape index (κ1) is 11.0. The lowest BCUT2D eigenvalue weighted by Gasteiger charge is -2.00. The third-order valence-electron chi connectivity index (χ3n) is 2.65. The van der Waals surface area contributed by atoms with Crippen LogP contribution in [0.2, 0.25) is 0 Å². The van der Waals surface area contributed by atoms with Crippen LogP contribution >= 0.6 is 11.3 Å². The molecule has 5 heteroatoms. The zero-order valence-electron chi connectivity index (χ0n) is 9.87. The average Bonchev–Trinajstić information content (AvgIpc) is 2.97. The number of hydrogen-bond acceptors (Lipinski definition) is 4. The molecule has 18 heavy (non-hydrogen) atoms. The Labute approximate surface area is 109 Å². The molecule has 3 rings (SSSR count). The number of hydrogen-bond donors (Lipinski definition) is 1. The highest BCUT2D eigenvalue weighted by molar-refractivity contribution is 7.13. The van der Waals surface area contributed by atoms with Gasteiger partial charge in [-0.25, -0.2) is 9.67 Å². The number of benzene rings is 1. The molecule has 0 aliphatic carbocycles. The van der Waals surface area contributed by atoms with Crippen LogP contribution in [0.25, 0.3) is 22.1 Å². The van der Waals surface area contributed by atoms with E-state index >= 15 is 0 Å². The van der Waals surface area contributed by atoms with Gasteiger partial charge in [-0.05, 0) is 23.6 Å². The molecule has 1 aromatic carbocycles. The van der Waals surface area contributed by atoms with Crippen molar-refractivity contribution >= 4 is 17.0 Å². The molecule has 0 aliphatic heterocycles. The fourth-order valence-corrected chi connectivity index (χ4v) is 2.48. The fourth-order valence-electron chi connectivity index (χ4n) is 1.82. The molecule has 0 bridgehead atoms. The lowest BCUT2D eigenvalue weighted by Crippen LogP contribution is -1.95. The highest BCUT2D eigenvalue weighted by atomic mass is 32.1. The number of aryl methyl sites for hydroxylation is 1. The van der Waals surface area contributed by atoms with Gasteiger partial charge in [0.15, 0.2) is 11.6 Å². The molecule has 0 saturated carbocycles. The van der Waals surface area contributed by atoms with Crippen molar-refractivity contribution in [3.8, 4) is 22.1 Å². The van der Waals surface area contributed by atoms with Gasteiger partial charge in [0.05, 0.1) is 4.88 Å². The van der Waals surface area contributed by atoms with Crippen molar-refractivity contribution in [3.63, 3.8) is 0 Å². The SMILES string of the molecule is Cn1nc(-c2cccs2)nc1-c1cccc(N)c1. The van der Waals surface area contributed by atoms with E-state index in [0.717, 1.165) is 27.8 Å². The molecule has 4 nitrogen and oxygen atoms in total. The van der Waals surface area contributed by atoms with E-state index < -0.39 is 0 Å². The van der Waals surface area contributed by atoms with Gasteiger partial charge in [0.25, 0.3) is 0 Å². The first-order valence-electron chi connectivity index (χ1n) is 5.55. The summed E-state index contributed by atoms with van der Waals surface area (Å²) in [7, 11) is 1.89. The Kier molecular flexibility index (Phi) is 2.60. The van der Waals surface area contributed by atoms with Crippen molar-refractivity contribution in [2.45, 2.75) is 0 Å². The summed E-state index contributed by atoms with van der Waals surface area (Å²) in [5.74, 6) is 1.58. The Balaban J connectivity index is 2.09. The predicted molar refractivity (Wildman–Crippen MR) is 74.2 cm³/mol. The quantitative estimate of drug-likeness (QED) is 0.717. The van der Waals surface area contributed by atoms with E-state index in [4.69, 9.17) is 5.73 Å². The predicted octanol–water partition coefficient (Wildman–Crippen LogP) is 2.79. The molecule has 0 atom stereocenters. The van der Waals surface area contributed by atoms with Crippen LogP contribution in [0.4, 0.5) is 5.69 Å². The number of nitrogen functional groups attached to an aromatic ring is 1. The minimum absolute atomic E-state index is 0.730. The Morgan fingerprint density at radius 2 is 2.11 bits per heavy atom. The van der Waals surface area contributed by atoms with E-state index in [2.05, 4.69) is 10.1 Å². The summed E-state index contributed by atoms with van der Waals surface area (Å²) in [5.41, 5.74) is 7.50. The maximum absolute atomic E-state index is 5.79. The molecule has 90 valence electrons. The van der Waals surface area contributed by atoms with Crippen LogP contribution in [0.1, 0.15) is 0 Å². The Morgan fingerprint density at radius 3 is 2.83 bits per heavy atom. The fraction of sp³-hybridized carbons (Fsp3) is 0.0769. The van der Waals surface area contributed by atoms with Gasteiger partial charge < -0.3 is 5.73 Å². The van der Waals surface area contributed by atoms with Gasteiger partial charge in [-0.3, -0.25) is 0 Å². The van der Waals surface area contributed by atoms with Crippen molar-refractivity contribution in [3.05, 3.63) is 41.8 Å². The third kappa shape index (κ3) is 1.89. The molecule has 2 aromatic heterocycles. The number of thiophene rings is 1. The summed E-state index contributed by atoms with van der Waals surface area (Å²) >= 11 is 1.63. The minimum atomic E-state index is 0.730. The molecule has 0 saturated heterocycles. The van der Waals surface area contributed by atoms with E-state index in [1.165, 1.54) is 0 Å². The summed E-state index contributed by atoms with van der Waals surface area (Å²) in [6.07, 6.45) is 0. The highest BCUT2D eigenvalue weighted by Gasteiger charge is 2.11. The maximum atomic E-state index is 5.79. The Hall–Kier alpha value is -2.14. The monoisotopic (exact) mass is 256 g/mol. The van der Waals surface area contributed by atoms with Crippen LogP contribution < -0.4 is 5.73 Å². The van der Waals surface area contributed by atoms with E-state index in [9.17, 15) is 0 Å². The van der Waals surface area contributed by atoms with Gasteiger partial charge in [-0.2, -0.15) is 0 Å². The van der Waals surface area contributed by atoms with Crippen LogP contribution in [-0.2, 0) is 7.05 Å². The standard InChI is InChI=1S/C13H12N4S/c1-17-13(9-4-2-5-10(14)8-9)15-12(16-17)11-6-3-7-18-11/h2-8H,14H2,1H3. The average molecular weight is 256 g/mol.